The average Bonchev–Trinajstić information content (AvgIpc) is 2.38. The van der Waals surface area contributed by atoms with Crippen LogP contribution in [0.25, 0.3) is 0 Å². The maximum Gasteiger partial charge on any atom is 0.142 e. The van der Waals surface area contributed by atoms with Gasteiger partial charge in [0.05, 0.1) is 19.5 Å². The molecule has 4 nitrogen and oxygen atoms in total. The predicted molar refractivity (Wildman–Crippen MR) is 70.7 cm³/mol. The van der Waals surface area contributed by atoms with E-state index in [9.17, 15) is 0 Å². The van der Waals surface area contributed by atoms with Gasteiger partial charge in [-0.15, -0.1) is 0 Å². The van der Waals surface area contributed by atoms with Gasteiger partial charge in [-0.2, -0.15) is 0 Å². The lowest BCUT2D eigenvalue weighted by atomic mass is 10.2. The number of hydrogen-bond acceptors (Lipinski definition) is 4. The SMILES string of the molecule is COc1ccc(C)cc1NCN1CCNCC1. The summed E-state index contributed by atoms with van der Waals surface area (Å²) in [5.41, 5.74) is 2.32. The third-order valence-electron chi connectivity index (χ3n) is 3.06. The third-order valence-corrected chi connectivity index (χ3v) is 3.06. The van der Waals surface area contributed by atoms with Gasteiger partial charge < -0.3 is 15.4 Å². The fourth-order valence-corrected chi connectivity index (χ4v) is 2.03. The number of nitrogens with zero attached hydrogens (tertiary/aromatic N) is 1. The van der Waals surface area contributed by atoms with Crippen LogP contribution >= 0.6 is 0 Å². The zero-order valence-corrected chi connectivity index (χ0v) is 10.6. The highest BCUT2D eigenvalue weighted by molar-refractivity contribution is 5.57. The molecule has 0 unspecified atom stereocenters. The molecule has 0 bridgehead atoms. The highest BCUT2D eigenvalue weighted by Crippen LogP contribution is 2.24. The Hall–Kier alpha value is -1.26. The van der Waals surface area contributed by atoms with Crippen LogP contribution in [0.15, 0.2) is 18.2 Å². The first kappa shape index (κ1) is 12.2. The number of methoxy groups -OCH3 is 1. The molecule has 0 aromatic heterocycles. The number of benzene rings is 1. The molecule has 1 aliphatic rings. The third kappa shape index (κ3) is 3.35. The van der Waals surface area contributed by atoms with Gasteiger partial charge in [0.2, 0.25) is 0 Å². The van der Waals surface area contributed by atoms with Crippen molar-refractivity contribution in [3.05, 3.63) is 23.8 Å². The first-order valence-electron chi connectivity index (χ1n) is 6.11. The van der Waals surface area contributed by atoms with E-state index in [2.05, 4.69) is 34.6 Å². The van der Waals surface area contributed by atoms with E-state index >= 15 is 0 Å². The lowest BCUT2D eigenvalue weighted by Crippen LogP contribution is -2.45. The van der Waals surface area contributed by atoms with Crippen LogP contribution in [0, 0.1) is 6.92 Å². The molecule has 0 saturated carbocycles. The van der Waals surface area contributed by atoms with E-state index in [4.69, 9.17) is 4.74 Å². The first-order chi connectivity index (χ1) is 8.29. The molecule has 4 heteroatoms. The van der Waals surface area contributed by atoms with Crippen LogP contribution in [0.1, 0.15) is 5.56 Å². The molecular weight excluding hydrogens is 214 g/mol. The number of nitrogens with one attached hydrogen (secondary N) is 2. The summed E-state index contributed by atoms with van der Waals surface area (Å²) in [6.07, 6.45) is 0. The zero-order valence-electron chi connectivity index (χ0n) is 10.6. The normalized spacial score (nSPS) is 16.8. The van der Waals surface area contributed by atoms with Crippen LogP contribution in [-0.4, -0.2) is 44.9 Å². The highest BCUT2D eigenvalue weighted by Gasteiger charge is 2.09. The van der Waals surface area contributed by atoms with Crippen LogP contribution in [0.5, 0.6) is 5.75 Å². The van der Waals surface area contributed by atoms with Crippen molar-refractivity contribution in [2.75, 3.05) is 45.3 Å². The molecule has 0 aliphatic carbocycles. The van der Waals surface area contributed by atoms with Crippen molar-refractivity contribution in [1.82, 2.24) is 10.2 Å². The Balaban J connectivity index is 1.95. The molecule has 0 spiro atoms. The van der Waals surface area contributed by atoms with Crippen molar-refractivity contribution in [3.63, 3.8) is 0 Å². The Morgan fingerprint density at radius 1 is 1.35 bits per heavy atom. The lowest BCUT2D eigenvalue weighted by molar-refractivity contribution is 0.256. The fraction of sp³-hybridized carbons (Fsp3) is 0.538. The Morgan fingerprint density at radius 3 is 2.82 bits per heavy atom. The molecule has 1 aliphatic heterocycles. The standard InChI is InChI=1S/C13H21N3O/c1-11-3-4-13(17-2)12(9-11)15-10-16-7-5-14-6-8-16/h3-4,9,14-15H,5-8,10H2,1-2H3. The van der Waals surface area contributed by atoms with Gasteiger partial charge in [-0.25, -0.2) is 0 Å². The van der Waals surface area contributed by atoms with Crippen LogP contribution in [-0.2, 0) is 0 Å². The number of hydrogen-bond donors (Lipinski definition) is 2. The Labute approximate surface area is 103 Å². The molecule has 0 amide bonds. The van der Waals surface area contributed by atoms with Crippen LogP contribution in [0.3, 0.4) is 0 Å². The van der Waals surface area contributed by atoms with Crippen LogP contribution in [0.2, 0.25) is 0 Å². The summed E-state index contributed by atoms with van der Waals surface area (Å²) >= 11 is 0. The molecule has 2 N–H and O–H groups in total. The summed E-state index contributed by atoms with van der Waals surface area (Å²) in [6.45, 7) is 7.32. The minimum absolute atomic E-state index is 0.876. The summed E-state index contributed by atoms with van der Waals surface area (Å²) in [4.78, 5) is 2.40. The molecule has 1 saturated heterocycles. The van der Waals surface area contributed by atoms with E-state index in [0.29, 0.717) is 0 Å². The van der Waals surface area contributed by atoms with Gasteiger partial charge in [-0.1, -0.05) is 6.07 Å². The van der Waals surface area contributed by atoms with Crippen molar-refractivity contribution < 1.29 is 4.74 Å². The van der Waals surface area contributed by atoms with Gasteiger partial charge in [0.25, 0.3) is 0 Å². The first-order valence-corrected chi connectivity index (χ1v) is 6.11. The minimum Gasteiger partial charge on any atom is -0.495 e. The van der Waals surface area contributed by atoms with E-state index in [1.54, 1.807) is 7.11 Å². The number of aryl methyl sites for hydroxylation is 1. The second kappa shape index (κ2) is 5.89. The van der Waals surface area contributed by atoms with Gasteiger partial charge in [0.15, 0.2) is 0 Å². The van der Waals surface area contributed by atoms with E-state index in [1.807, 2.05) is 6.07 Å². The molecule has 2 rings (SSSR count). The molecule has 0 atom stereocenters. The fourth-order valence-electron chi connectivity index (χ4n) is 2.03. The Kier molecular flexibility index (Phi) is 4.23. The Bertz CT molecular complexity index is 362. The smallest absolute Gasteiger partial charge is 0.142 e. The van der Waals surface area contributed by atoms with Crippen molar-refractivity contribution >= 4 is 5.69 Å². The van der Waals surface area contributed by atoms with E-state index in [1.165, 1.54) is 5.56 Å². The lowest BCUT2D eigenvalue weighted by Gasteiger charge is -2.28. The number of ether oxygens (including phenoxy) is 1. The van der Waals surface area contributed by atoms with E-state index < -0.39 is 0 Å². The molecular formula is C13H21N3O. The predicted octanol–water partition coefficient (Wildman–Crippen LogP) is 1.28. The maximum atomic E-state index is 5.35. The summed E-state index contributed by atoms with van der Waals surface area (Å²) in [5, 5.41) is 6.80. The Morgan fingerprint density at radius 2 is 2.12 bits per heavy atom. The van der Waals surface area contributed by atoms with Gasteiger partial charge in [0, 0.05) is 26.2 Å². The quantitative estimate of drug-likeness (QED) is 0.824. The second-order valence-electron chi connectivity index (χ2n) is 4.41. The molecule has 1 aromatic rings. The number of piperazine rings is 1. The van der Waals surface area contributed by atoms with Gasteiger partial charge >= 0.3 is 0 Å². The average molecular weight is 235 g/mol. The largest absolute Gasteiger partial charge is 0.495 e. The summed E-state index contributed by atoms with van der Waals surface area (Å²) in [6, 6.07) is 6.20. The molecule has 1 aromatic carbocycles. The number of anilines is 1. The molecule has 1 fully saturated rings. The minimum atomic E-state index is 0.876. The number of rotatable bonds is 4. The zero-order chi connectivity index (χ0) is 12.1. The maximum absolute atomic E-state index is 5.35. The van der Waals surface area contributed by atoms with Gasteiger partial charge in [-0.05, 0) is 24.6 Å². The monoisotopic (exact) mass is 235 g/mol. The van der Waals surface area contributed by atoms with Gasteiger partial charge in [-0.3, -0.25) is 4.90 Å². The van der Waals surface area contributed by atoms with E-state index in [-0.39, 0.29) is 0 Å². The summed E-state index contributed by atoms with van der Waals surface area (Å²) in [5.74, 6) is 0.908. The summed E-state index contributed by atoms with van der Waals surface area (Å²) < 4.78 is 5.35. The van der Waals surface area contributed by atoms with Crippen molar-refractivity contribution in [2.24, 2.45) is 0 Å². The van der Waals surface area contributed by atoms with Crippen LogP contribution in [0.4, 0.5) is 5.69 Å². The van der Waals surface area contributed by atoms with E-state index in [0.717, 1.165) is 44.3 Å². The highest BCUT2D eigenvalue weighted by atomic mass is 16.5. The van der Waals surface area contributed by atoms with Gasteiger partial charge in [0.1, 0.15) is 5.75 Å². The van der Waals surface area contributed by atoms with Crippen molar-refractivity contribution in [3.8, 4) is 5.75 Å². The topological polar surface area (TPSA) is 36.5 Å². The second-order valence-corrected chi connectivity index (χ2v) is 4.41. The van der Waals surface area contributed by atoms with Crippen molar-refractivity contribution in [2.45, 2.75) is 6.92 Å². The summed E-state index contributed by atoms with van der Waals surface area (Å²) in [7, 11) is 1.71. The van der Waals surface area contributed by atoms with Crippen LogP contribution < -0.4 is 15.4 Å². The van der Waals surface area contributed by atoms with Crippen molar-refractivity contribution in [1.29, 1.82) is 0 Å². The molecule has 0 radical (unpaired) electrons. The molecule has 17 heavy (non-hydrogen) atoms. The molecule has 94 valence electrons. The molecule has 1 heterocycles.